The van der Waals surface area contributed by atoms with E-state index in [4.69, 9.17) is 21.1 Å². The van der Waals surface area contributed by atoms with Crippen molar-refractivity contribution in [3.63, 3.8) is 0 Å². The molecule has 0 aliphatic carbocycles. The third kappa shape index (κ3) is 3.90. The molecule has 0 unspecified atom stereocenters. The van der Waals surface area contributed by atoms with Crippen molar-refractivity contribution in [3.05, 3.63) is 88.8 Å². The second kappa shape index (κ2) is 8.72. The number of amides is 2. The maximum absolute atomic E-state index is 13.8. The van der Waals surface area contributed by atoms with Crippen LogP contribution in [-0.4, -0.2) is 26.0 Å². The molecular weight excluding hydrogens is 435 g/mol. The maximum atomic E-state index is 13.8. The molecule has 0 spiro atoms. The summed E-state index contributed by atoms with van der Waals surface area (Å²) in [6.07, 6.45) is 0. The molecule has 8 heteroatoms. The summed E-state index contributed by atoms with van der Waals surface area (Å²) in [6.45, 7) is 0. The Hall–Kier alpha value is -3.84. The van der Waals surface area contributed by atoms with E-state index in [0.29, 0.717) is 27.8 Å². The van der Waals surface area contributed by atoms with E-state index < -0.39 is 17.6 Å². The second-order valence-corrected chi connectivity index (χ2v) is 7.29. The van der Waals surface area contributed by atoms with Crippen LogP contribution >= 0.6 is 11.6 Å². The molecule has 0 fully saturated rings. The number of hydrogen-bond acceptors (Lipinski definition) is 5. The van der Waals surface area contributed by atoms with E-state index in [1.165, 1.54) is 32.4 Å². The highest BCUT2D eigenvalue weighted by Gasteiger charge is 2.40. The fraction of sp³-hybridized carbons (Fsp3) is 0.0833. The summed E-state index contributed by atoms with van der Waals surface area (Å²) in [5, 5.41) is 3.34. The highest BCUT2D eigenvalue weighted by Crippen LogP contribution is 2.35. The largest absolute Gasteiger partial charge is 0.497 e. The van der Waals surface area contributed by atoms with Crippen molar-refractivity contribution in [3.8, 4) is 11.5 Å². The molecule has 32 heavy (non-hydrogen) atoms. The predicted octanol–water partition coefficient (Wildman–Crippen LogP) is 4.89. The Kier molecular flexibility index (Phi) is 5.83. The Morgan fingerprint density at radius 3 is 2.28 bits per heavy atom. The Morgan fingerprint density at radius 1 is 0.906 bits per heavy atom. The maximum Gasteiger partial charge on any atom is 0.282 e. The minimum absolute atomic E-state index is 0.0469. The third-order valence-electron chi connectivity index (χ3n) is 4.95. The van der Waals surface area contributed by atoms with Gasteiger partial charge in [0.05, 0.1) is 30.5 Å². The van der Waals surface area contributed by atoms with Crippen molar-refractivity contribution in [2.24, 2.45) is 0 Å². The van der Waals surface area contributed by atoms with Crippen LogP contribution in [0.3, 0.4) is 0 Å². The number of carbonyl (C=O) groups is 2. The summed E-state index contributed by atoms with van der Waals surface area (Å²) >= 11 is 6.21. The van der Waals surface area contributed by atoms with Crippen molar-refractivity contribution in [1.29, 1.82) is 0 Å². The zero-order chi connectivity index (χ0) is 22.8. The van der Waals surface area contributed by atoms with Crippen LogP contribution in [-0.2, 0) is 9.59 Å². The lowest BCUT2D eigenvalue weighted by Gasteiger charge is -2.15. The van der Waals surface area contributed by atoms with Crippen molar-refractivity contribution in [2.45, 2.75) is 0 Å². The van der Waals surface area contributed by atoms with Gasteiger partial charge in [0.25, 0.3) is 11.8 Å². The molecule has 0 aromatic heterocycles. The standard InChI is InChI=1S/C24H18ClFN2O4/c1-31-18-9-6-14(7-10-18)21-22(27-16-8-11-20(32-2)19(25)13-16)24(30)28(23(21)29)17-5-3-4-15(26)12-17/h3-13,27H,1-2H3. The minimum Gasteiger partial charge on any atom is -0.497 e. The number of nitrogens with one attached hydrogen (secondary N) is 1. The van der Waals surface area contributed by atoms with Crippen LogP contribution in [0.4, 0.5) is 15.8 Å². The number of ether oxygens (including phenoxy) is 2. The van der Waals surface area contributed by atoms with E-state index in [2.05, 4.69) is 5.32 Å². The van der Waals surface area contributed by atoms with Gasteiger partial charge in [0.15, 0.2) is 0 Å². The first-order chi connectivity index (χ1) is 15.4. The van der Waals surface area contributed by atoms with Crippen LogP contribution in [0, 0.1) is 5.82 Å². The highest BCUT2D eigenvalue weighted by atomic mass is 35.5. The number of rotatable bonds is 6. The predicted molar refractivity (Wildman–Crippen MR) is 120 cm³/mol. The zero-order valence-electron chi connectivity index (χ0n) is 17.2. The quantitative estimate of drug-likeness (QED) is 0.539. The number of imide groups is 1. The van der Waals surface area contributed by atoms with E-state index in [9.17, 15) is 14.0 Å². The normalized spacial score (nSPS) is 13.6. The van der Waals surface area contributed by atoms with Gasteiger partial charge >= 0.3 is 0 Å². The Bertz CT molecular complexity index is 1240. The van der Waals surface area contributed by atoms with Gasteiger partial charge in [-0.3, -0.25) is 9.59 Å². The summed E-state index contributed by atoms with van der Waals surface area (Å²) in [7, 11) is 3.03. The van der Waals surface area contributed by atoms with E-state index in [-0.39, 0.29) is 17.0 Å². The van der Waals surface area contributed by atoms with Gasteiger partial charge in [0.2, 0.25) is 0 Å². The zero-order valence-corrected chi connectivity index (χ0v) is 17.9. The average molecular weight is 453 g/mol. The van der Waals surface area contributed by atoms with Crippen molar-refractivity contribution in [1.82, 2.24) is 0 Å². The first kappa shape index (κ1) is 21.4. The van der Waals surface area contributed by atoms with Crippen LogP contribution in [0.1, 0.15) is 5.56 Å². The van der Waals surface area contributed by atoms with E-state index in [1.54, 1.807) is 42.5 Å². The summed E-state index contributed by atoms with van der Waals surface area (Å²) in [4.78, 5) is 27.6. The second-order valence-electron chi connectivity index (χ2n) is 6.88. The molecule has 2 amide bonds. The molecule has 0 saturated heterocycles. The van der Waals surface area contributed by atoms with Gasteiger partial charge in [-0.15, -0.1) is 0 Å². The summed E-state index contributed by atoms with van der Waals surface area (Å²) < 4.78 is 24.2. The van der Waals surface area contributed by atoms with Crippen LogP contribution in [0.15, 0.2) is 72.4 Å². The molecule has 1 heterocycles. The van der Waals surface area contributed by atoms with E-state index >= 15 is 0 Å². The van der Waals surface area contributed by atoms with Gasteiger partial charge in [-0.25, -0.2) is 9.29 Å². The lowest BCUT2D eigenvalue weighted by atomic mass is 10.0. The van der Waals surface area contributed by atoms with Gasteiger partial charge in [-0.2, -0.15) is 0 Å². The summed E-state index contributed by atoms with van der Waals surface area (Å²) in [5.41, 5.74) is 1.32. The monoisotopic (exact) mass is 452 g/mol. The number of halogens is 2. The highest BCUT2D eigenvalue weighted by molar-refractivity contribution is 6.46. The lowest BCUT2D eigenvalue weighted by molar-refractivity contribution is -0.120. The molecule has 0 bridgehead atoms. The average Bonchev–Trinajstić information content (AvgIpc) is 3.03. The molecule has 6 nitrogen and oxygen atoms in total. The number of methoxy groups -OCH3 is 2. The molecule has 0 saturated carbocycles. The third-order valence-corrected chi connectivity index (χ3v) is 5.25. The molecular formula is C24H18ClFN2O4. The van der Waals surface area contributed by atoms with Crippen LogP contribution in [0.25, 0.3) is 5.57 Å². The Morgan fingerprint density at radius 2 is 1.66 bits per heavy atom. The van der Waals surface area contributed by atoms with Crippen molar-refractivity contribution >= 4 is 40.4 Å². The Balaban J connectivity index is 1.81. The SMILES string of the molecule is COc1ccc(C2=C(Nc3ccc(OC)c(Cl)c3)C(=O)N(c3cccc(F)c3)C2=O)cc1. The van der Waals surface area contributed by atoms with Crippen LogP contribution in [0.2, 0.25) is 5.02 Å². The molecule has 0 radical (unpaired) electrons. The number of anilines is 2. The number of carbonyl (C=O) groups excluding carboxylic acids is 2. The minimum atomic E-state index is -0.613. The first-order valence-electron chi connectivity index (χ1n) is 9.56. The molecule has 1 N–H and O–H groups in total. The topological polar surface area (TPSA) is 67.9 Å². The lowest BCUT2D eigenvalue weighted by Crippen LogP contribution is -2.32. The van der Waals surface area contributed by atoms with Crippen LogP contribution in [0.5, 0.6) is 11.5 Å². The van der Waals surface area contributed by atoms with Gasteiger partial charge in [-0.05, 0) is 54.1 Å². The molecule has 4 rings (SSSR count). The molecule has 1 aliphatic rings. The van der Waals surface area contributed by atoms with E-state index in [1.807, 2.05) is 0 Å². The molecule has 1 aliphatic heterocycles. The Labute approximate surface area is 188 Å². The number of hydrogen-bond donors (Lipinski definition) is 1. The fourth-order valence-corrected chi connectivity index (χ4v) is 3.67. The van der Waals surface area contributed by atoms with Gasteiger partial charge < -0.3 is 14.8 Å². The van der Waals surface area contributed by atoms with Gasteiger partial charge in [0.1, 0.15) is 23.0 Å². The van der Waals surface area contributed by atoms with Gasteiger partial charge in [-0.1, -0.05) is 29.8 Å². The molecule has 3 aromatic carbocycles. The number of benzene rings is 3. The van der Waals surface area contributed by atoms with E-state index in [0.717, 1.165) is 11.0 Å². The summed E-state index contributed by atoms with van der Waals surface area (Å²) in [5.74, 6) is -0.676. The molecule has 162 valence electrons. The fourth-order valence-electron chi connectivity index (χ4n) is 3.41. The van der Waals surface area contributed by atoms with Crippen molar-refractivity contribution < 1.29 is 23.5 Å². The molecule has 3 aromatic rings. The van der Waals surface area contributed by atoms with Crippen molar-refractivity contribution in [2.75, 3.05) is 24.4 Å². The first-order valence-corrected chi connectivity index (χ1v) is 9.94. The number of nitrogens with zero attached hydrogens (tertiary/aromatic N) is 1. The molecule has 0 atom stereocenters. The summed E-state index contributed by atoms with van der Waals surface area (Å²) in [6, 6.07) is 16.9. The smallest absolute Gasteiger partial charge is 0.282 e. The van der Waals surface area contributed by atoms with Crippen LogP contribution < -0.4 is 19.7 Å². The van der Waals surface area contributed by atoms with Gasteiger partial charge in [0, 0.05) is 5.69 Å².